The first kappa shape index (κ1) is 8.39. The molecule has 0 bridgehead atoms. The minimum absolute atomic E-state index is 0.593. The van der Waals surface area contributed by atoms with E-state index in [0.29, 0.717) is 0 Å². The monoisotopic (exact) mass is 133 g/mol. The van der Waals surface area contributed by atoms with Crippen molar-refractivity contribution in [1.29, 1.82) is 0 Å². The van der Waals surface area contributed by atoms with Crippen molar-refractivity contribution < 1.29 is 14.6 Å². The van der Waals surface area contributed by atoms with Gasteiger partial charge in [0.15, 0.2) is 0 Å². The third-order valence-electron chi connectivity index (χ3n) is 0.993. The fraction of sp³-hybridized carbons (Fsp3) is 0.800. The molecule has 0 aliphatic heterocycles. The van der Waals surface area contributed by atoms with Crippen LogP contribution in [0.1, 0.15) is 6.92 Å². The number of hydrogen-bond donors (Lipinski definition) is 2. The Morgan fingerprint density at radius 1 is 1.78 bits per heavy atom. The van der Waals surface area contributed by atoms with E-state index in [9.17, 15) is 4.79 Å². The number of esters is 1. The van der Waals surface area contributed by atoms with Gasteiger partial charge in [0.2, 0.25) is 0 Å². The van der Waals surface area contributed by atoms with E-state index in [4.69, 9.17) is 10.8 Å². The van der Waals surface area contributed by atoms with Gasteiger partial charge in [-0.3, -0.25) is 4.79 Å². The van der Waals surface area contributed by atoms with Crippen molar-refractivity contribution in [3.05, 3.63) is 0 Å². The quantitative estimate of drug-likeness (QED) is 0.467. The number of rotatable bonds is 2. The zero-order valence-corrected chi connectivity index (χ0v) is 5.50. The molecule has 0 fully saturated rings. The molecule has 0 aromatic heterocycles. The van der Waals surface area contributed by atoms with E-state index < -0.39 is 18.1 Å². The molecule has 0 heterocycles. The lowest BCUT2D eigenvalue weighted by Gasteiger charge is -2.10. The van der Waals surface area contributed by atoms with Crippen molar-refractivity contribution >= 4 is 5.97 Å². The van der Waals surface area contributed by atoms with Crippen molar-refractivity contribution in [1.82, 2.24) is 0 Å². The van der Waals surface area contributed by atoms with Crippen molar-refractivity contribution in [2.24, 2.45) is 5.73 Å². The normalized spacial score (nSPS) is 16.4. The predicted molar refractivity (Wildman–Crippen MR) is 31.7 cm³/mol. The summed E-state index contributed by atoms with van der Waals surface area (Å²) in [4.78, 5) is 10.4. The number of carbonyl (C=O) groups excluding carboxylic acids is 1. The first-order valence-corrected chi connectivity index (χ1v) is 2.61. The van der Waals surface area contributed by atoms with Crippen molar-refractivity contribution in [3.8, 4) is 0 Å². The first-order valence-electron chi connectivity index (χ1n) is 2.61. The molecule has 4 heteroatoms. The molecule has 0 aromatic carbocycles. The van der Waals surface area contributed by atoms with Crippen LogP contribution < -0.4 is 5.73 Å². The first-order chi connectivity index (χ1) is 4.09. The second-order valence-corrected chi connectivity index (χ2v) is 1.79. The average Bonchev–Trinajstić information content (AvgIpc) is 1.84. The second-order valence-electron chi connectivity index (χ2n) is 1.79. The van der Waals surface area contributed by atoms with Crippen molar-refractivity contribution in [2.45, 2.75) is 19.1 Å². The van der Waals surface area contributed by atoms with Gasteiger partial charge >= 0.3 is 5.97 Å². The average molecular weight is 133 g/mol. The van der Waals surface area contributed by atoms with Crippen LogP contribution in [0.2, 0.25) is 0 Å². The molecule has 0 saturated carbocycles. The van der Waals surface area contributed by atoms with E-state index in [-0.39, 0.29) is 0 Å². The van der Waals surface area contributed by atoms with Crippen molar-refractivity contribution in [2.75, 3.05) is 7.11 Å². The number of aliphatic hydroxyl groups excluding tert-OH is 1. The Morgan fingerprint density at radius 3 is 2.33 bits per heavy atom. The van der Waals surface area contributed by atoms with Crippen LogP contribution in [-0.2, 0) is 9.53 Å². The predicted octanol–water partition coefficient (Wildman–Crippen LogP) is -1.13. The summed E-state index contributed by atoms with van der Waals surface area (Å²) in [6.07, 6.45) is -0.850. The maximum absolute atomic E-state index is 10.4. The molecule has 9 heavy (non-hydrogen) atoms. The summed E-state index contributed by atoms with van der Waals surface area (Å²) in [6, 6.07) is -0.921. The zero-order valence-electron chi connectivity index (χ0n) is 5.50. The van der Waals surface area contributed by atoms with Gasteiger partial charge in [-0.15, -0.1) is 0 Å². The number of aliphatic hydroxyl groups is 1. The highest BCUT2D eigenvalue weighted by molar-refractivity contribution is 5.75. The molecule has 0 saturated heterocycles. The fourth-order valence-corrected chi connectivity index (χ4v) is 0.333. The zero-order chi connectivity index (χ0) is 7.44. The molecule has 0 aliphatic carbocycles. The van der Waals surface area contributed by atoms with Gasteiger partial charge in [-0.05, 0) is 6.92 Å². The van der Waals surface area contributed by atoms with E-state index in [1.807, 2.05) is 0 Å². The van der Waals surface area contributed by atoms with Gasteiger partial charge in [0.25, 0.3) is 0 Å². The molecule has 0 amide bonds. The summed E-state index contributed by atoms with van der Waals surface area (Å²) in [7, 11) is 1.23. The molecule has 0 unspecified atom stereocenters. The Morgan fingerprint density at radius 2 is 2.22 bits per heavy atom. The summed E-state index contributed by atoms with van der Waals surface area (Å²) in [5, 5.41) is 8.70. The SMILES string of the molecule is COC(=O)[C@@H](N)[C@H](C)O. The molecule has 0 aromatic rings. The molecule has 54 valence electrons. The summed E-state index contributed by atoms with van der Waals surface area (Å²) in [5.41, 5.74) is 5.15. The van der Waals surface area contributed by atoms with Crippen LogP contribution in [0.5, 0.6) is 0 Å². The summed E-state index contributed by atoms with van der Waals surface area (Å²) in [5.74, 6) is -0.593. The highest BCUT2D eigenvalue weighted by Crippen LogP contribution is 1.89. The van der Waals surface area contributed by atoms with Crippen LogP contribution in [0, 0.1) is 0 Å². The summed E-state index contributed by atoms with van der Waals surface area (Å²) in [6.45, 7) is 1.43. The molecular formula is C5H11NO3. The Labute approximate surface area is 53.6 Å². The van der Waals surface area contributed by atoms with Gasteiger partial charge in [-0.2, -0.15) is 0 Å². The van der Waals surface area contributed by atoms with Crippen LogP contribution in [-0.4, -0.2) is 30.3 Å². The van der Waals surface area contributed by atoms with Crippen LogP contribution in [0.3, 0.4) is 0 Å². The summed E-state index contributed by atoms with van der Waals surface area (Å²) >= 11 is 0. The third-order valence-corrected chi connectivity index (χ3v) is 0.993. The molecule has 0 spiro atoms. The standard InChI is InChI=1S/C5H11NO3/c1-3(7)4(6)5(8)9-2/h3-4,7H,6H2,1-2H3/t3-,4-/m0/s1. The van der Waals surface area contributed by atoms with Gasteiger partial charge < -0.3 is 15.6 Å². The lowest BCUT2D eigenvalue weighted by atomic mass is 10.2. The number of methoxy groups -OCH3 is 1. The van der Waals surface area contributed by atoms with Crippen molar-refractivity contribution in [3.63, 3.8) is 0 Å². The van der Waals surface area contributed by atoms with E-state index in [0.717, 1.165) is 0 Å². The summed E-state index contributed by atoms with van der Waals surface area (Å²) < 4.78 is 4.25. The number of hydrogen-bond acceptors (Lipinski definition) is 4. The highest BCUT2D eigenvalue weighted by atomic mass is 16.5. The Bertz CT molecular complexity index is 102. The topological polar surface area (TPSA) is 72.5 Å². The van der Waals surface area contributed by atoms with Crippen LogP contribution >= 0.6 is 0 Å². The number of carbonyl (C=O) groups is 1. The van der Waals surface area contributed by atoms with Crippen LogP contribution in [0.4, 0.5) is 0 Å². The van der Waals surface area contributed by atoms with Gasteiger partial charge in [0.05, 0.1) is 13.2 Å². The Kier molecular flexibility index (Phi) is 3.19. The van der Waals surface area contributed by atoms with Crippen LogP contribution in [0.25, 0.3) is 0 Å². The Hall–Kier alpha value is -0.610. The maximum atomic E-state index is 10.4. The van der Waals surface area contributed by atoms with E-state index in [1.165, 1.54) is 14.0 Å². The van der Waals surface area contributed by atoms with Gasteiger partial charge in [0, 0.05) is 0 Å². The maximum Gasteiger partial charge on any atom is 0.325 e. The highest BCUT2D eigenvalue weighted by Gasteiger charge is 2.18. The van der Waals surface area contributed by atoms with Crippen LogP contribution in [0.15, 0.2) is 0 Å². The minimum Gasteiger partial charge on any atom is -0.468 e. The van der Waals surface area contributed by atoms with Gasteiger partial charge in [0.1, 0.15) is 6.04 Å². The minimum atomic E-state index is -0.921. The smallest absolute Gasteiger partial charge is 0.325 e. The van der Waals surface area contributed by atoms with Gasteiger partial charge in [-0.1, -0.05) is 0 Å². The molecule has 3 N–H and O–H groups in total. The molecule has 0 radical (unpaired) electrons. The fourth-order valence-electron chi connectivity index (χ4n) is 0.333. The second kappa shape index (κ2) is 3.42. The molecule has 4 nitrogen and oxygen atoms in total. The van der Waals surface area contributed by atoms with E-state index in [2.05, 4.69) is 4.74 Å². The van der Waals surface area contributed by atoms with E-state index >= 15 is 0 Å². The Balaban J connectivity index is 3.72. The lowest BCUT2D eigenvalue weighted by Crippen LogP contribution is -2.40. The number of nitrogens with two attached hydrogens (primary N) is 1. The van der Waals surface area contributed by atoms with E-state index in [1.54, 1.807) is 0 Å². The number of ether oxygens (including phenoxy) is 1. The molecular weight excluding hydrogens is 122 g/mol. The third kappa shape index (κ3) is 2.43. The molecule has 2 atom stereocenters. The van der Waals surface area contributed by atoms with Gasteiger partial charge in [-0.25, -0.2) is 0 Å². The molecule has 0 aliphatic rings. The molecule has 0 rings (SSSR count). The lowest BCUT2D eigenvalue weighted by molar-refractivity contribution is -0.144. The largest absolute Gasteiger partial charge is 0.468 e.